The molecule has 1 aromatic heterocycles. The summed E-state index contributed by atoms with van der Waals surface area (Å²) in [6.45, 7) is 2.08. The average Bonchev–Trinajstić information content (AvgIpc) is 2.93. The molecule has 10 nitrogen and oxygen atoms in total. The van der Waals surface area contributed by atoms with Gasteiger partial charge in [-0.1, -0.05) is 23.2 Å². The van der Waals surface area contributed by atoms with E-state index >= 15 is 0 Å². The largest absolute Gasteiger partial charge is 0.495 e. The molecule has 2 amide bonds. The Labute approximate surface area is 231 Å². The van der Waals surface area contributed by atoms with E-state index in [9.17, 15) is 4.79 Å². The van der Waals surface area contributed by atoms with E-state index in [-0.39, 0.29) is 21.8 Å². The van der Waals surface area contributed by atoms with Gasteiger partial charge in [0.25, 0.3) is 0 Å². The van der Waals surface area contributed by atoms with Crippen molar-refractivity contribution >= 4 is 52.2 Å². The summed E-state index contributed by atoms with van der Waals surface area (Å²) in [6, 6.07) is 10.4. The molecule has 0 saturated carbocycles. The Bertz CT molecular complexity index is 1240. The molecule has 3 aromatic rings. The number of hydrogen-bond donors (Lipinski definition) is 2. The first kappa shape index (κ1) is 27.6. The van der Waals surface area contributed by atoms with Crippen LogP contribution < -0.4 is 29.7 Å². The first-order chi connectivity index (χ1) is 18.3. The molecule has 2 heterocycles. The van der Waals surface area contributed by atoms with Gasteiger partial charge in [0.1, 0.15) is 51.4 Å². The summed E-state index contributed by atoms with van der Waals surface area (Å²) in [4.78, 5) is 25.1. The summed E-state index contributed by atoms with van der Waals surface area (Å²) in [5.41, 5.74) is 0.982. The smallest absolute Gasteiger partial charge is 0.327 e. The van der Waals surface area contributed by atoms with Gasteiger partial charge in [-0.25, -0.2) is 14.8 Å². The highest BCUT2D eigenvalue weighted by molar-refractivity contribution is 6.41. The van der Waals surface area contributed by atoms with Crippen LogP contribution in [0, 0.1) is 0 Å². The highest BCUT2D eigenvalue weighted by Gasteiger charge is 2.22. The summed E-state index contributed by atoms with van der Waals surface area (Å²) < 4.78 is 16.6. The van der Waals surface area contributed by atoms with Crippen LogP contribution in [0.4, 0.5) is 27.8 Å². The van der Waals surface area contributed by atoms with E-state index < -0.39 is 6.03 Å². The van der Waals surface area contributed by atoms with E-state index in [1.807, 2.05) is 24.3 Å². The minimum Gasteiger partial charge on any atom is -0.495 e. The quantitative estimate of drug-likeness (QED) is 0.362. The highest BCUT2D eigenvalue weighted by Crippen LogP contribution is 2.44. The lowest BCUT2D eigenvalue weighted by molar-refractivity contribution is 0.114. The van der Waals surface area contributed by atoms with Crippen molar-refractivity contribution in [2.75, 3.05) is 56.9 Å². The number of aromatic nitrogens is 2. The number of carbonyl (C=O) groups is 1. The van der Waals surface area contributed by atoms with Gasteiger partial charge < -0.3 is 29.7 Å². The Kier molecular flexibility index (Phi) is 8.98. The molecule has 12 heteroatoms. The molecule has 38 heavy (non-hydrogen) atoms. The number of nitrogens with zero attached hydrogens (tertiary/aromatic N) is 4. The second-order valence-corrected chi connectivity index (χ2v) is 9.56. The van der Waals surface area contributed by atoms with Crippen molar-refractivity contribution in [3.63, 3.8) is 0 Å². The van der Waals surface area contributed by atoms with Crippen LogP contribution in [0.3, 0.4) is 0 Å². The zero-order chi connectivity index (χ0) is 27.2. The first-order valence-electron chi connectivity index (χ1n) is 12.0. The third-order valence-electron chi connectivity index (χ3n) is 6.20. The lowest BCUT2D eigenvalue weighted by Gasteiger charge is -2.29. The maximum absolute atomic E-state index is 13.0. The van der Waals surface area contributed by atoms with E-state index in [4.69, 9.17) is 37.4 Å². The van der Waals surface area contributed by atoms with Crippen LogP contribution in [0.5, 0.6) is 17.2 Å². The van der Waals surface area contributed by atoms with Gasteiger partial charge in [0.2, 0.25) is 0 Å². The Balaban J connectivity index is 1.42. The summed E-state index contributed by atoms with van der Waals surface area (Å²) in [5.74, 6) is 2.31. The van der Waals surface area contributed by atoms with Gasteiger partial charge >= 0.3 is 6.03 Å². The van der Waals surface area contributed by atoms with E-state index in [0.29, 0.717) is 23.1 Å². The maximum atomic E-state index is 13.0. The van der Waals surface area contributed by atoms with Crippen molar-refractivity contribution in [1.29, 1.82) is 0 Å². The number of anilines is 4. The van der Waals surface area contributed by atoms with Gasteiger partial charge in [-0.15, -0.1) is 0 Å². The number of rotatable bonds is 8. The fourth-order valence-corrected chi connectivity index (χ4v) is 4.54. The van der Waals surface area contributed by atoms with Crippen LogP contribution in [0.25, 0.3) is 0 Å². The van der Waals surface area contributed by atoms with Crippen LogP contribution in [0.1, 0.15) is 12.8 Å². The molecule has 0 aliphatic carbocycles. The van der Waals surface area contributed by atoms with Crippen molar-refractivity contribution < 1.29 is 19.0 Å². The van der Waals surface area contributed by atoms with Crippen molar-refractivity contribution in [2.45, 2.75) is 18.9 Å². The summed E-state index contributed by atoms with van der Waals surface area (Å²) in [6.07, 6.45) is 3.64. The Morgan fingerprint density at radius 3 is 2.26 bits per heavy atom. The van der Waals surface area contributed by atoms with Gasteiger partial charge in [-0.05, 0) is 44.2 Å². The number of urea groups is 1. The number of likely N-dealkylation sites (tertiary alicyclic amines) is 1. The number of piperidine rings is 1. The van der Waals surface area contributed by atoms with Gasteiger partial charge in [-0.3, -0.25) is 4.90 Å². The molecular weight excluding hydrogens is 531 g/mol. The lowest BCUT2D eigenvalue weighted by atomic mass is 10.1. The van der Waals surface area contributed by atoms with Crippen LogP contribution in [0.2, 0.25) is 10.0 Å². The van der Waals surface area contributed by atoms with E-state index in [1.165, 1.54) is 25.4 Å². The zero-order valence-corrected chi connectivity index (χ0v) is 23.1. The second-order valence-electron chi connectivity index (χ2n) is 8.80. The molecule has 0 bridgehead atoms. The first-order valence-corrected chi connectivity index (χ1v) is 12.7. The average molecular weight is 561 g/mol. The standard InChI is InChI=1S/C26H30Cl2N6O4/c1-33-11-9-18(10-12-33)38-17-7-5-16(6-8-17)31-21-14-22(30-15-29-21)34(2)26(35)32-25-23(27)19(36-3)13-20(37-4)24(25)28/h5-8,13-15,18H,9-12H2,1-4H3,(H,32,35)(H,29,30,31). The molecule has 202 valence electrons. The predicted octanol–water partition coefficient (Wildman–Crippen LogP) is 5.69. The number of methoxy groups -OCH3 is 2. The van der Waals surface area contributed by atoms with Gasteiger partial charge in [0.05, 0.1) is 19.9 Å². The van der Waals surface area contributed by atoms with Crippen LogP contribution in [0.15, 0.2) is 42.7 Å². The van der Waals surface area contributed by atoms with Crippen LogP contribution >= 0.6 is 23.2 Å². The highest BCUT2D eigenvalue weighted by atomic mass is 35.5. The third-order valence-corrected chi connectivity index (χ3v) is 6.95. The molecule has 1 saturated heterocycles. The fraction of sp³-hybridized carbons (Fsp3) is 0.346. The zero-order valence-electron chi connectivity index (χ0n) is 21.6. The number of benzene rings is 2. The van der Waals surface area contributed by atoms with Gasteiger partial charge in [-0.2, -0.15) is 0 Å². The maximum Gasteiger partial charge on any atom is 0.327 e. The van der Waals surface area contributed by atoms with Crippen LogP contribution in [-0.2, 0) is 0 Å². The van der Waals surface area contributed by atoms with E-state index in [0.717, 1.165) is 37.4 Å². The summed E-state index contributed by atoms with van der Waals surface area (Å²) in [7, 11) is 6.61. The van der Waals surface area contributed by atoms with Gasteiger partial charge in [0, 0.05) is 38.0 Å². The van der Waals surface area contributed by atoms with Crippen molar-refractivity contribution in [3.8, 4) is 17.2 Å². The molecule has 0 spiro atoms. The number of halogens is 2. The summed E-state index contributed by atoms with van der Waals surface area (Å²) >= 11 is 12.8. The Morgan fingerprint density at radius 1 is 1.03 bits per heavy atom. The second kappa shape index (κ2) is 12.4. The molecule has 0 atom stereocenters. The molecule has 1 fully saturated rings. The molecule has 2 aromatic carbocycles. The predicted molar refractivity (Wildman–Crippen MR) is 150 cm³/mol. The Hall–Kier alpha value is -3.47. The molecule has 1 aliphatic rings. The topological polar surface area (TPSA) is 101 Å². The van der Waals surface area contributed by atoms with Crippen molar-refractivity contribution in [2.24, 2.45) is 0 Å². The number of hydrogen-bond acceptors (Lipinski definition) is 8. The minimum absolute atomic E-state index is 0.147. The normalized spacial score (nSPS) is 14.1. The number of ether oxygens (including phenoxy) is 3. The van der Waals surface area contributed by atoms with E-state index in [1.54, 1.807) is 19.2 Å². The molecule has 1 aliphatic heterocycles. The van der Waals surface area contributed by atoms with Crippen molar-refractivity contribution in [3.05, 3.63) is 52.8 Å². The monoisotopic (exact) mass is 560 g/mol. The SMILES string of the molecule is COc1cc(OC)c(Cl)c(NC(=O)N(C)c2cc(Nc3ccc(OC4CCN(C)CC4)cc3)ncn2)c1Cl. The van der Waals surface area contributed by atoms with Crippen LogP contribution in [-0.4, -0.2) is 68.4 Å². The molecule has 0 unspecified atom stereocenters. The van der Waals surface area contributed by atoms with Crippen molar-refractivity contribution in [1.82, 2.24) is 14.9 Å². The number of carbonyl (C=O) groups excluding carboxylic acids is 1. The van der Waals surface area contributed by atoms with Gasteiger partial charge in [0.15, 0.2) is 0 Å². The summed E-state index contributed by atoms with van der Waals surface area (Å²) in [5, 5.41) is 6.22. The minimum atomic E-state index is -0.524. The lowest BCUT2D eigenvalue weighted by Crippen LogP contribution is -2.35. The molecular formula is C26H30Cl2N6O4. The number of amides is 2. The molecule has 0 radical (unpaired) electrons. The molecule has 2 N–H and O–H groups in total. The van der Waals surface area contributed by atoms with E-state index in [2.05, 4.69) is 32.5 Å². The fourth-order valence-electron chi connectivity index (χ4n) is 3.95. The Morgan fingerprint density at radius 2 is 1.66 bits per heavy atom. The molecule has 4 rings (SSSR count). The number of nitrogens with one attached hydrogen (secondary N) is 2. The third kappa shape index (κ3) is 6.50.